The lowest BCUT2D eigenvalue weighted by atomic mass is 10.2. The number of hydrogen-bond donors (Lipinski definition) is 2. The molecule has 0 spiro atoms. The third-order valence-corrected chi connectivity index (χ3v) is 4.01. The lowest BCUT2D eigenvalue weighted by molar-refractivity contribution is 0.378. The molecule has 3 rings (SSSR count). The normalized spacial score (nSPS) is 11.0. The average molecular weight is 516 g/mol. The van der Waals surface area contributed by atoms with Crippen molar-refractivity contribution in [2.24, 2.45) is 4.99 Å². The molecule has 0 aliphatic rings. The summed E-state index contributed by atoms with van der Waals surface area (Å²) in [7, 11) is 1.68. The molecule has 0 saturated heterocycles. The lowest BCUT2D eigenvalue weighted by Gasteiger charge is -2.11. The highest BCUT2D eigenvalue weighted by molar-refractivity contribution is 14.0. The fourth-order valence-corrected chi connectivity index (χ4v) is 2.59. The number of rotatable bonds is 6. The number of halogens is 3. The van der Waals surface area contributed by atoms with Gasteiger partial charge in [0, 0.05) is 37.1 Å². The Hall–Kier alpha value is -2.20. The molecule has 0 bridgehead atoms. The minimum absolute atomic E-state index is 0. The Morgan fingerprint density at radius 1 is 1.18 bits per heavy atom. The fourth-order valence-electron chi connectivity index (χ4n) is 2.40. The van der Waals surface area contributed by atoms with Crippen LogP contribution >= 0.6 is 35.6 Å². The van der Waals surface area contributed by atoms with Crippen molar-refractivity contribution in [1.29, 1.82) is 0 Å². The van der Waals surface area contributed by atoms with Crippen LogP contribution in [0.4, 0.5) is 4.39 Å². The fraction of sp³-hybridized carbons (Fsp3) is 0.211. The molecule has 0 amide bonds. The monoisotopic (exact) mass is 515 g/mol. The van der Waals surface area contributed by atoms with E-state index in [-0.39, 0.29) is 29.8 Å². The van der Waals surface area contributed by atoms with Crippen LogP contribution < -0.4 is 10.6 Å². The van der Waals surface area contributed by atoms with Gasteiger partial charge in [0.2, 0.25) is 11.7 Å². The van der Waals surface area contributed by atoms with E-state index in [0.717, 1.165) is 11.1 Å². The molecular weight excluding hydrogens is 496 g/mol. The molecule has 1 heterocycles. The summed E-state index contributed by atoms with van der Waals surface area (Å²) in [5.74, 6) is 1.41. The first-order valence-corrected chi connectivity index (χ1v) is 8.79. The molecule has 0 unspecified atom stereocenters. The van der Waals surface area contributed by atoms with Gasteiger partial charge in [0.05, 0.1) is 0 Å². The number of guanidine groups is 1. The standard InChI is InChI=1S/C19H19ClFN5O.HI/c1-22-19(24-12-13-5-7-16(21)8-6-13)23-10-9-17-25-18(26-27-17)14-3-2-4-15(20)11-14;/h2-8,11H,9-10,12H2,1H3,(H2,22,23,24);1H. The zero-order valence-electron chi connectivity index (χ0n) is 15.2. The molecule has 0 atom stereocenters. The van der Waals surface area contributed by atoms with Crippen LogP contribution in [0.3, 0.4) is 0 Å². The third-order valence-electron chi connectivity index (χ3n) is 3.78. The summed E-state index contributed by atoms with van der Waals surface area (Å²) < 4.78 is 18.2. The first-order valence-electron chi connectivity index (χ1n) is 8.41. The summed E-state index contributed by atoms with van der Waals surface area (Å²) in [6.45, 7) is 1.11. The van der Waals surface area contributed by atoms with Crippen LogP contribution in [0.1, 0.15) is 11.5 Å². The molecule has 0 radical (unpaired) electrons. The smallest absolute Gasteiger partial charge is 0.228 e. The SMILES string of the molecule is CN=C(NCCc1nc(-c2cccc(Cl)c2)no1)NCc1ccc(F)cc1.I. The van der Waals surface area contributed by atoms with Gasteiger partial charge in [-0.2, -0.15) is 4.98 Å². The predicted molar refractivity (Wildman–Crippen MR) is 118 cm³/mol. The molecule has 28 heavy (non-hydrogen) atoms. The molecule has 9 heteroatoms. The Labute approximate surface area is 184 Å². The van der Waals surface area contributed by atoms with Gasteiger partial charge in [-0.1, -0.05) is 41.0 Å². The van der Waals surface area contributed by atoms with E-state index in [1.54, 1.807) is 31.3 Å². The van der Waals surface area contributed by atoms with E-state index >= 15 is 0 Å². The van der Waals surface area contributed by atoms with Crippen molar-refractivity contribution in [2.75, 3.05) is 13.6 Å². The molecule has 148 valence electrons. The van der Waals surface area contributed by atoms with Crippen LogP contribution in [0, 0.1) is 5.82 Å². The number of aliphatic imine (C=N–C) groups is 1. The second-order valence-electron chi connectivity index (χ2n) is 5.75. The van der Waals surface area contributed by atoms with Crippen LogP contribution in [0.15, 0.2) is 58.0 Å². The van der Waals surface area contributed by atoms with Gasteiger partial charge >= 0.3 is 0 Å². The Balaban J connectivity index is 0.00000280. The molecule has 0 saturated carbocycles. The van der Waals surface area contributed by atoms with Crippen molar-refractivity contribution in [1.82, 2.24) is 20.8 Å². The Kier molecular flexibility index (Phi) is 8.65. The van der Waals surface area contributed by atoms with E-state index in [1.165, 1.54) is 12.1 Å². The Morgan fingerprint density at radius 3 is 2.68 bits per heavy atom. The maximum absolute atomic E-state index is 12.9. The summed E-state index contributed by atoms with van der Waals surface area (Å²) in [4.78, 5) is 8.53. The van der Waals surface area contributed by atoms with Crippen LogP contribution in [0.5, 0.6) is 0 Å². The van der Waals surface area contributed by atoms with Crippen molar-refractivity contribution in [3.8, 4) is 11.4 Å². The summed E-state index contributed by atoms with van der Waals surface area (Å²) in [5.41, 5.74) is 1.77. The van der Waals surface area contributed by atoms with Gasteiger partial charge in [-0.05, 0) is 29.8 Å². The number of aromatic nitrogens is 2. The highest BCUT2D eigenvalue weighted by atomic mass is 127. The van der Waals surface area contributed by atoms with Crippen LogP contribution in [-0.2, 0) is 13.0 Å². The van der Waals surface area contributed by atoms with Gasteiger partial charge in [-0.25, -0.2) is 4.39 Å². The van der Waals surface area contributed by atoms with E-state index in [4.69, 9.17) is 16.1 Å². The molecule has 6 nitrogen and oxygen atoms in total. The number of benzene rings is 2. The lowest BCUT2D eigenvalue weighted by Crippen LogP contribution is -2.37. The molecule has 2 aromatic carbocycles. The van der Waals surface area contributed by atoms with Crippen molar-refractivity contribution < 1.29 is 8.91 Å². The zero-order valence-corrected chi connectivity index (χ0v) is 18.2. The number of nitrogens with zero attached hydrogens (tertiary/aromatic N) is 3. The van der Waals surface area contributed by atoms with Gasteiger partial charge < -0.3 is 15.2 Å². The summed E-state index contributed by atoms with van der Waals surface area (Å²) in [6, 6.07) is 13.6. The highest BCUT2D eigenvalue weighted by Gasteiger charge is 2.09. The van der Waals surface area contributed by atoms with Gasteiger partial charge in [-0.3, -0.25) is 4.99 Å². The quantitative estimate of drug-likeness (QED) is 0.294. The second-order valence-corrected chi connectivity index (χ2v) is 6.19. The molecule has 0 aliphatic carbocycles. The first kappa shape index (κ1) is 22.1. The molecule has 2 N–H and O–H groups in total. The molecule has 1 aromatic heterocycles. The molecular formula is C19H20ClFIN5O. The van der Waals surface area contributed by atoms with Gasteiger partial charge in [-0.15, -0.1) is 24.0 Å². The second kappa shape index (κ2) is 11.0. The maximum Gasteiger partial charge on any atom is 0.228 e. The van der Waals surface area contributed by atoms with Crippen LogP contribution in [-0.4, -0.2) is 29.7 Å². The zero-order chi connectivity index (χ0) is 19.1. The summed E-state index contributed by atoms with van der Waals surface area (Å²) in [5, 5.41) is 10.9. The van der Waals surface area contributed by atoms with Crippen molar-refractivity contribution in [2.45, 2.75) is 13.0 Å². The topological polar surface area (TPSA) is 75.3 Å². The van der Waals surface area contributed by atoms with Crippen LogP contribution in [0.2, 0.25) is 5.02 Å². The highest BCUT2D eigenvalue weighted by Crippen LogP contribution is 2.19. The van der Waals surface area contributed by atoms with Crippen molar-refractivity contribution in [3.05, 3.63) is 70.8 Å². The largest absolute Gasteiger partial charge is 0.356 e. The van der Waals surface area contributed by atoms with E-state index < -0.39 is 0 Å². The summed E-state index contributed by atoms with van der Waals surface area (Å²) in [6.07, 6.45) is 0.546. The van der Waals surface area contributed by atoms with Crippen molar-refractivity contribution >= 4 is 41.5 Å². The van der Waals surface area contributed by atoms with E-state index in [0.29, 0.717) is 42.2 Å². The molecule has 0 fully saturated rings. The summed E-state index contributed by atoms with van der Waals surface area (Å²) >= 11 is 5.98. The Bertz CT molecular complexity index is 917. The minimum Gasteiger partial charge on any atom is -0.356 e. The third kappa shape index (κ3) is 6.45. The van der Waals surface area contributed by atoms with E-state index in [1.807, 2.05) is 12.1 Å². The van der Waals surface area contributed by atoms with Crippen LogP contribution in [0.25, 0.3) is 11.4 Å². The predicted octanol–water partition coefficient (Wildman–Crippen LogP) is 4.05. The average Bonchev–Trinajstić information content (AvgIpc) is 3.15. The molecule has 3 aromatic rings. The van der Waals surface area contributed by atoms with Gasteiger partial charge in [0.25, 0.3) is 0 Å². The molecule has 0 aliphatic heterocycles. The Morgan fingerprint density at radius 2 is 1.96 bits per heavy atom. The van der Waals surface area contributed by atoms with Gasteiger partial charge in [0.15, 0.2) is 5.96 Å². The number of hydrogen-bond acceptors (Lipinski definition) is 4. The first-order chi connectivity index (χ1) is 13.1. The van der Waals surface area contributed by atoms with Gasteiger partial charge in [0.1, 0.15) is 5.82 Å². The minimum atomic E-state index is -0.252. The van der Waals surface area contributed by atoms with E-state index in [9.17, 15) is 4.39 Å². The van der Waals surface area contributed by atoms with E-state index in [2.05, 4.69) is 25.8 Å². The maximum atomic E-state index is 12.9. The van der Waals surface area contributed by atoms with Crippen molar-refractivity contribution in [3.63, 3.8) is 0 Å². The number of nitrogens with one attached hydrogen (secondary N) is 2.